The van der Waals surface area contributed by atoms with E-state index in [1.165, 1.54) is 17.0 Å². The molecule has 0 unspecified atom stereocenters. The fourth-order valence-electron chi connectivity index (χ4n) is 3.30. The van der Waals surface area contributed by atoms with Gasteiger partial charge < -0.3 is 10.0 Å². The summed E-state index contributed by atoms with van der Waals surface area (Å²) >= 11 is 6.13. The second-order valence-electron chi connectivity index (χ2n) is 6.37. The Balaban J connectivity index is 2.02. The first-order chi connectivity index (χ1) is 11.9. The smallest absolute Gasteiger partial charge is 0.258 e. The number of carbonyl (C=O) groups excluding carboxylic acids is 2. The minimum absolute atomic E-state index is 0.0125. The van der Waals surface area contributed by atoms with Crippen molar-refractivity contribution < 1.29 is 14.7 Å². The van der Waals surface area contributed by atoms with Crippen LogP contribution in [0.4, 0.5) is 0 Å². The lowest BCUT2D eigenvalue weighted by atomic mass is 9.98. The molecule has 1 heterocycles. The van der Waals surface area contributed by atoms with Crippen LogP contribution in [0.15, 0.2) is 36.4 Å². The van der Waals surface area contributed by atoms with Gasteiger partial charge in [-0.3, -0.25) is 9.59 Å². The van der Waals surface area contributed by atoms with Gasteiger partial charge in [-0.05, 0) is 42.2 Å². The number of carbonyl (C=O) groups is 2. The van der Waals surface area contributed by atoms with E-state index < -0.39 is 6.04 Å². The number of hydrogen-bond donors (Lipinski definition) is 1. The fraction of sp³-hybridized carbons (Fsp3) is 0.300. The zero-order valence-corrected chi connectivity index (χ0v) is 15.0. The van der Waals surface area contributed by atoms with E-state index in [1.54, 1.807) is 6.92 Å². The van der Waals surface area contributed by atoms with Gasteiger partial charge >= 0.3 is 0 Å². The maximum atomic E-state index is 13.1. The molecule has 0 fully saturated rings. The molecule has 2 aromatic carbocycles. The maximum absolute atomic E-state index is 13.1. The van der Waals surface area contributed by atoms with Gasteiger partial charge in [0, 0.05) is 18.0 Å². The highest BCUT2D eigenvalue weighted by Crippen LogP contribution is 2.38. The van der Waals surface area contributed by atoms with E-state index in [1.807, 2.05) is 31.2 Å². The molecule has 0 aliphatic carbocycles. The van der Waals surface area contributed by atoms with Crippen LogP contribution >= 0.6 is 11.6 Å². The summed E-state index contributed by atoms with van der Waals surface area (Å²) in [6.45, 7) is 4.05. The van der Waals surface area contributed by atoms with Gasteiger partial charge in [-0.2, -0.15) is 0 Å². The first-order valence-corrected chi connectivity index (χ1v) is 8.72. The Hall–Kier alpha value is -2.33. The average Bonchev–Trinajstić information content (AvgIpc) is 2.97. The fourth-order valence-corrected chi connectivity index (χ4v) is 3.46. The molecule has 0 saturated heterocycles. The van der Waals surface area contributed by atoms with Crippen LogP contribution in [0.2, 0.25) is 5.02 Å². The Bertz CT molecular complexity index is 847. The second kappa shape index (κ2) is 6.89. The summed E-state index contributed by atoms with van der Waals surface area (Å²) < 4.78 is 0. The van der Waals surface area contributed by atoms with Crippen LogP contribution in [0.25, 0.3) is 0 Å². The number of aromatic hydroxyl groups is 1. The van der Waals surface area contributed by atoms with E-state index in [4.69, 9.17) is 11.6 Å². The van der Waals surface area contributed by atoms with Crippen LogP contribution < -0.4 is 0 Å². The number of phenols is 1. The lowest BCUT2D eigenvalue weighted by Crippen LogP contribution is -2.34. The minimum atomic E-state index is -0.608. The van der Waals surface area contributed by atoms with Crippen molar-refractivity contribution in [3.05, 3.63) is 63.7 Å². The number of Topliss-reactive ketones (excluding diaryl/α,β-unsaturated/α-hetero) is 1. The third-order valence-corrected chi connectivity index (χ3v) is 4.98. The van der Waals surface area contributed by atoms with Gasteiger partial charge in [0.1, 0.15) is 11.8 Å². The van der Waals surface area contributed by atoms with Gasteiger partial charge in [0.2, 0.25) is 0 Å². The SMILES string of the molecule is CCCC(=O)[C@H]1c2ccccc2CN1C(=O)c1cc(Cl)c(C)cc1O. The van der Waals surface area contributed by atoms with E-state index in [0.717, 1.165) is 17.5 Å². The lowest BCUT2D eigenvalue weighted by Gasteiger charge is -2.25. The van der Waals surface area contributed by atoms with Crippen molar-refractivity contribution in [3.8, 4) is 5.75 Å². The molecule has 4 nitrogen and oxygen atoms in total. The van der Waals surface area contributed by atoms with Crippen molar-refractivity contribution in [2.24, 2.45) is 0 Å². The van der Waals surface area contributed by atoms with Gasteiger partial charge in [0.25, 0.3) is 5.91 Å². The van der Waals surface area contributed by atoms with Crippen molar-refractivity contribution in [2.75, 3.05) is 0 Å². The molecular formula is C20H20ClNO3. The summed E-state index contributed by atoms with van der Waals surface area (Å²) in [5.74, 6) is -0.493. The molecule has 1 aliphatic heterocycles. The van der Waals surface area contributed by atoms with Crippen LogP contribution in [0.5, 0.6) is 5.75 Å². The number of halogens is 1. The van der Waals surface area contributed by atoms with Gasteiger partial charge in [0.05, 0.1) is 5.56 Å². The summed E-state index contributed by atoms with van der Waals surface area (Å²) in [4.78, 5) is 27.3. The van der Waals surface area contributed by atoms with Gasteiger partial charge in [-0.1, -0.05) is 42.8 Å². The van der Waals surface area contributed by atoms with Crippen molar-refractivity contribution in [3.63, 3.8) is 0 Å². The normalized spacial score (nSPS) is 16.0. The highest BCUT2D eigenvalue weighted by Gasteiger charge is 2.38. The van der Waals surface area contributed by atoms with Crippen LogP contribution in [0.3, 0.4) is 0 Å². The Labute approximate surface area is 152 Å². The molecule has 0 radical (unpaired) electrons. The van der Waals surface area contributed by atoms with E-state index in [9.17, 15) is 14.7 Å². The number of aryl methyl sites for hydroxylation is 1. The number of rotatable bonds is 4. The first kappa shape index (κ1) is 17.5. The molecule has 0 aromatic heterocycles. The number of benzene rings is 2. The lowest BCUT2D eigenvalue weighted by molar-refractivity contribution is -0.123. The molecule has 25 heavy (non-hydrogen) atoms. The molecule has 0 spiro atoms. The molecule has 0 saturated carbocycles. The Kier molecular flexibility index (Phi) is 4.82. The van der Waals surface area contributed by atoms with Crippen LogP contribution in [0, 0.1) is 6.92 Å². The van der Waals surface area contributed by atoms with E-state index in [0.29, 0.717) is 23.6 Å². The number of ketones is 1. The number of hydrogen-bond acceptors (Lipinski definition) is 3. The topological polar surface area (TPSA) is 57.6 Å². The highest BCUT2D eigenvalue weighted by molar-refractivity contribution is 6.31. The predicted octanol–water partition coefficient (Wildman–Crippen LogP) is 4.42. The zero-order chi connectivity index (χ0) is 18.1. The van der Waals surface area contributed by atoms with E-state index in [-0.39, 0.29) is 23.0 Å². The molecule has 1 N–H and O–H groups in total. The largest absolute Gasteiger partial charge is 0.507 e. The third kappa shape index (κ3) is 3.14. The van der Waals surface area contributed by atoms with Crippen LogP contribution in [0.1, 0.15) is 52.9 Å². The maximum Gasteiger partial charge on any atom is 0.258 e. The van der Waals surface area contributed by atoms with Crippen molar-refractivity contribution in [2.45, 2.75) is 39.3 Å². The number of phenolic OH excluding ortho intramolecular Hbond substituents is 1. The molecule has 3 rings (SSSR count). The Morgan fingerprint density at radius 2 is 2.00 bits per heavy atom. The standard InChI is InChI=1S/C20H20ClNO3/c1-3-6-17(23)19-14-8-5-4-7-13(14)11-22(19)20(25)15-10-16(21)12(2)9-18(15)24/h4-5,7-10,19,24H,3,6,11H2,1-2H3/t19-/m1/s1. The van der Waals surface area contributed by atoms with Gasteiger partial charge in [-0.15, -0.1) is 0 Å². The first-order valence-electron chi connectivity index (χ1n) is 8.34. The summed E-state index contributed by atoms with van der Waals surface area (Å²) in [6.07, 6.45) is 1.13. The zero-order valence-electron chi connectivity index (χ0n) is 14.3. The summed E-state index contributed by atoms with van der Waals surface area (Å²) in [5.41, 5.74) is 2.65. The third-order valence-electron chi connectivity index (χ3n) is 4.57. The van der Waals surface area contributed by atoms with Crippen molar-refractivity contribution >= 4 is 23.3 Å². The molecule has 2 aromatic rings. The molecule has 130 valence electrons. The Morgan fingerprint density at radius 1 is 1.28 bits per heavy atom. The highest BCUT2D eigenvalue weighted by atomic mass is 35.5. The van der Waals surface area contributed by atoms with Crippen molar-refractivity contribution in [1.82, 2.24) is 4.90 Å². The summed E-state index contributed by atoms with van der Waals surface area (Å²) in [7, 11) is 0. The molecule has 1 aliphatic rings. The van der Waals surface area contributed by atoms with E-state index >= 15 is 0 Å². The van der Waals surface area contributed by atoms with Gasteiger partial charge in [0.15, 0.2) is 5.78 Å². The molecule has 1 atom stereocenters. The van der Waals surface area contributed by atoms with E-state index in [2.05, 4.69) is 0 Å². The van der Waals surface area contributed by atoms with Crippen molar-refractivity contribution in [1.29, 1.82) is 0 Å². The Morgan fingerprint density at radius 3 is 2.72 bits per heavy atom. The summed E-state index contributed by atoms with van der Waals surface area (Å²) in [6, 6.07) is 9.93. The molecule has 0 bridgehead atoms. The second-order valence-corrected chi connectivity index (χ2v) is 6.78. The van der Waals surface area contributed by atoms with Gasteiger partial charge in [-0.25, -0.2) is 0 Å². The molecule has 5 heteroatoms. The molecular weight excluding hydrogens is 338 g/mol. The quantitative estimate of drug-likeness (QED) is 0.881. The number of fused-ring (bicyclic) bond motifs is 1. The number of nitrogens with zero attached hydrogens (tertiary/aromatic N) is 1. The van der Waals surface area contributed by atoms with Crippen LogP contribution in [-0.4, -0.2) is 21.7 Å². The predicted molar refractivity (Wildman–Crippen MR) is 96.8 cm³/mol. The van der Waals surface area contributed by atoms with Crippen LogP contribution in [-0.2, 0) is 11.3 Å². The average molecular weight is 358 g/mol. The summed E-state index contributed by atoms with van der Waals surface area (Å²) in [5, 5.41) is 10.6. The minimum Gasteiger partial charge on any atom is -0.507 e. The monoisotopic (exact) mass is 357 g/mol. The number of amides is 1. The molecule has 1 amide bonds.